The maximum atomic E-state index is 14.0. The lowest BCUT2D eigenvalue weighted by Crippen LogP contribution is -2.56. The quantitative estimate of drug-likeness (QED) is 0.711. The number of halogens is 4. The number of likely N-dealkylation sites (tertiary alicyclic amines) is 1. The van der Waals surface area contributed by atoms with Crippen molar-refractivity contribution in [3.63, 3.8) is 0 Å². The Hall–Kier alpha value is -1.87. The molecule has 0 aromatic heterocycles. The third-order valence-corrected chi connectivity index (χ3v) is 7.20. The van der Waals surface area contributed by atoms with E-state index in [9.17, 15) is 27.5 Å². The molecule has 4 rings (SSSR count). The van der Waals surface area contributed by atoms with Gasteiger partial charge < -0.3 is 19.8 Å². The first kappa shape index (κ1) is 22.3. The summed E-state index contributed by atoms with van der Waals surface area (Å²) in [5.74, 6) is -1.44. The molecule has 1 saturated carbocycles. The zero-order valence-corrected chi connectivity index (χ0v) is 17.7. The number of anilines is 1. The largest absolute Gasteiger partial charge is 0.419 e. The van der Waals surface area contributed by atoms with E-state index in [1.54, 1.807) is 16.7 Å². The average Bonchev–Trinajstić information content (AvgIpc) is 3.48. The van der Waals surface area contributed by atoms with Crippen molar-refractivity contribution >= 4 is 11.6 Å². The highest BCUT2D eigenvalue weighted by atomic mass is 19.4. The fraction of sp³-hybridized carbons (Fsp3) is 0.682. The normalized spacial score (nSPS) is 26.6. The molecule has 2 atom stereocenters. The van der Waals surface area contributed by atoms with E-state index in [2.05, 4.69) is 4.90 Å². The Morgan fingerprint density at radius 1 is 1.13 bits per heavy atom. The molecule has 5 nitrogen and oxygen atoms in total. The summed E-state index contributed by atoms with van der Waals surface area (Å²) in [5.41, 5.74) is -0.845. The summed E-state index contributed by atoms with van der Waals surface area (Å²) in [5, 5.41) is 10.3. The maximum absolute atomic E-state index is 14.0. The predicted octanol–water partition coefficient (Wildman–Crippen LogP) is 3.12. The van der Waals surface area contributed by atoms with E-state index in [0.29, 0.717) is 26.2 Å². The van der Waals surface area contributed by atoms with Crippen LogP contribution in [0.3, 0.4) is 0 Å². The SMILES string of the molecule is CC1C(=O)N(CCCN2CCC3(CC3)[C@H](O)C2)CCN1c1ccc(C(F)(F)F)c(F)c1. The van der Waals surface area contributed by atoms with Crippen LogP contribution in [0.15, 0.2) is 18.2 Å². The highest BCUT2D eigenvalue weighted by molar-refractivity contribution is 5.86. The monoisotopic (exact) mass is 443 g/mol. The molecule has 1 aromatic rings. The van der Waals surface area contributed by atoms with E-state index >= 15 is 0 Å². The molecule has 2 heterocycles. The number of carbonyl (C=O) groups excluding carboxylic acids is 1. The second kappa shape index (κ2) is 8.24. The summed E-state index contributed by atoms with van der Waals surface area (Å²) in [4.78, 5) is 18.5. The zero-order valence-electron chi connectivity index (χ0n) is 17.7. The lowest BCUT2D eigenvalue weighted by atomic mass is 9.90. The third-order valence-electron chi connectivity index (χ3n) is 7.20. The number of hydrogen-bond donors (Lipinski definition) is 1. The molecule has 2 saturated heterocycles. The molecular formula is C22H29F4N3O2. The van der Waals surface area contributed by atoms with Gasteiger partial charge in [-0.25, -0.2) is 4.39 Å². The lowest BCUT2D eigenvalue weighted by Gasteiger charge is -2.41. The van der Waals surface area contributed by atoms with Crippen molar-refractivity contribution in [1.82, 2.24) is 9.80 Å². The van der Waals surface area contributed by atoms with Crippen LogP contribution in [0.4, 0.5) is 23.2 Å². The van der Waals surface area contributed by atoms with Gasteiger partial charge in [0.2, 0.25) is 5.91 Å². The molecule has 0 radical (unpaired) electrons. The molecule has 2 aliphatic heterocycles. The number of piperidine rings is 1. The van der Waals surface area contributed by atoms with Crippen LogP contribution in [0, 0.1) is 11.2 Å². The van der Waals surface area contributed by atoms with Gasteiger partial charge in [-0.05, 0) is 69.3 Å². The van der Waals surface area contributed by atoms with E-state index in [0.717, 1.165) is 50.9 Å². The minimum atomic E-state index is -4.74. The number of carbonyl (C=O) groups is 1. The van der Waals surface area contributed by atoms with Crippen LogP contribution in [-0.4, -0.2) is 72.2 Å². The van der Waals surface area contributed by atoms with Crippen LogP contribution in [0.25, 0.3) is 0 Å². The van der Waals surface area contributed by atoms with Crippen molar-refractivity contribution in [2.24, 2.45) is 5.41 Å². The lowest BCUT2D eigenvalue weighted by molar-refractivity contribution is -0.140. The number of nitrogens with zero attached hydrogens (tertiary/aromatic N) is 3. The highest BCUT2D eigenvalue weighted by Gasteiger charge is 2.51. The Labute approximate surface area is 179 Å². The van der Waals surface area contributed by atoms with Crippen LogP contribution in [0.1, 0.15) is 38.2 Å². The van der Waals surface area contributed by atoms with Crippen molar-refractivity contribution < 1.29 is 27.5 Å². The van der Waals surface area contributed by atoms with Gasteiger partial charge in [-0.15, -0.1) is 0 Å². The fourth-order valence-corrected chi connectivity index (χ4v) is 4.93. The van der Waals surface area contributed by atoms with E-state index in [1.165, 1.54) is 6.07 Å². The highest BCUT2D eigenvalue weighted by Crippen LogP contribution is 2.53. The molecule has 3 aliphatic rings. The van der Waals surface area contributed by atoms with Crippen molar-refractivity contribution in [2.45, 2.75) is 50.9 Å². The van der Waals surface area contributed by atoms with E-state index < -0.39 is 23.6 Å². The molecule has 1 N–H and O–H groups in total. The molecule has 3 fully saturated rings. The van der Waals surface area contributed by atoms with Gasteiger partial charge in [0.05, 0.1) is 11.7 Å². The van der Waals surface area contributed by atoms with Crippen molar-refractivity contribution in [3.8, 4) is 0 Å². The van der Waals surface area contributed by atoms with Crippen LogP contribution in [-0.2, 0) is 11.0 Å². The topological polar surface area (TPSA) is 47.0 Å². The van der Waals surface area contributed by atoms with Crippen LogP contribution >= 0.6 is 0 Å². The maximum Gasteiger partial charge on any atom is 0.419 e. The number of aliphatic hydroxyl groups is 1. The summed E-state index contributed by atoms with van der Waals surface area (Å²) in [6, 6.07) is 2.24. The summed E-state index contributed by atoms with van der Waals surface area (Å²) >= 11 is 0. The number of amides is 1. The third kappa shape index (κ3) is 4.53. The van der Waals surface area contributed by atoms with Gasteiger partial charge in [-0.3, -0.25) is 4.79 Å². The van der Waals surface area contributed by atoms with E-state index in [-0.39, 0.29) is 23.1 Å². The number of benzene rings is 1. The number of aliphatic hydroxyl groups excluding tert-OH is 1. The fourth-order valence-electron chi connectivity index (χ4n) is 4.93. The first-order valence-corrected chi connectivity index (χ1v) is 10.9. The van der Waals surface area contributed by atoms with Crippen molar-refractivity contribution in [3.05, 3.63) is 29.6 Å². The minimum absolute atomic E-state index is 0.109. The average molecular weight is 443 g/mol. The molecule has 1 aromatic carbocycles. The molecule has 1 amide bonds. The summed E-state index contributed by atoms with van der Waals surface area (Å²) in [7, 11) is 0. The van der Waals surface area contributed by atoms with Gasteiger partial charge in [-0.2, -0.15) is 13.2 Å². The number of β-amino-alcohol motifs (C(OH)–C–C–N with tert-alkyl or cyclic N) is 1. The molecule has 0 bridgehead atoms. The molecular weight excluding hydrogens is 414 g/mol. The summed E-state index contributed by atoms with van der Waals surface area (Å²) in [6.45, 7) is 5.65. The zero-order chi connectivity index (χ0) is 22.4. The Morgan fingerprint density at radius 3 is 2.48 bits per heavy atom. The van der Waals surface area contributed by atoms with Crippen LogP contribution in [0.5, 0.6) is 0 Å². The minimum Gasteiger partial charge on any atom is -0.391 e. The number of alkyl halides is 3. The molecule has 1 spiro atoms. The molecule has 1 aliphatic carbocycles. The smallest absolute Gasteiger partial charge is 0.391 e. The first-order chi connectivity index (χ1) is 14.6. The van der Waals surface area contributed by atoms with Gasteiger partial charge in [0.1, 0.15) is 11.9 Å². The molecule has 172 valence electrons. The molecule has 1 unspecified atom stereocenters. The molecule has 9 heteroatoms. The molecule has 31 heavy (non-hydrogen) atoms. The van der Waals surface area contributed by atoms with Crippen LogP contribution in [0.2, 0.25) is 0 Å². The van der Waals surface area contributed by atoms with Gasteiger partial charge in [0, 0.05) is 31.9 Å². The Kier molecular flexibility index (Phi) is 5.93. The van der Waals surface area contributed by atoms with Gasteiger partial charge in [0.15, 0.2) is 0 Å². The van der Waals surface area contributed by atoms with E-state index in [1.807, 2.05) is 0 Å². The number of hydrogen-bond acceptors (Lipinski definition) is 4. The van der Waals surface area contributed by atoms with Crippen molar-refractivity contribution in [2.75, 3.05) is 44.2 Å². The summed E-state index contributed by atoms with van der Waals surface area (Å²) < 4.78 is 52.3. The first-order valence-electron chi connectivity index (χ1n) is 10.9. The van der Waals surface area contributed by atoms with Gasteiger partial charge in [-0.1, -0.05) is 0 Å². The second-order valence-electron chi connectivity index (χ2n) is 9.14. The van der Waals surface area contributed by atoms with Gasteiger partial charge in [0.25, 0.3) is 0 Å². The Morgan fingerprint density at radius 2 is 1.87 bits per heavy atom. The Bertz CT molecular complexity index is 827. The van der Waals surface area contributed by atoms with E-state index in [4.69, 9.17) is 0 Å². The predicted molar refractivity (Wildman–Crippen MR) is 108 cm³/mol. The van der Waals surface area contributed by atoms with Crippen molar-refractivity contribution in [1.29, 1.82) is 0 Å². The number of piperazine rings is 1. The second-order valence-corrected chi connectivity index (χ2v) is 9.14. The number of rotatable bonds is 5. The Balaban J connectivity index is 1.29. The summed E-state index contributed by atoms with van der Waals surface area (Å²) in [6.07, 6.45) is -0.912. The van der Waals surface area contributed by atoms with Gasteiger partial charge >= 0.3 is 6.18 Å². The standard InChI is InChI=1S/C22H29F4N3O2/c1-15-20(31)28(9-2-8-27-10-7-21(5-6-21)19(30)14-27)11-12-29(15)16-3-4-17(18(23)13-16)22(24,25)26/h3-4,13,15,19,30H,2,5-12,14H2,1H3/t15?,19-/m1/s1. The van der Waals surface area contributed by atoms with Crippen LogP contribution < -0.4 is 4.90 Å².